The second-order valence-electron chi connectivity index (χ2n) is 5.42. The van der Waals surface area contributed by atoms with Crippen LogP contribution in [0.15, 0.2) is 46.8 Å². The standard InChI is InChI=1S/C19H12N4O2S2/c20-8-13-16(15-5-2-6-26-15)14(9-21)18(23-17(13)22)27-10-11-3-1-4-12(7-11)19(24)25/h1-7H,10H2,(H2,22,23)(H,24,25). The van der Waals surface area contributed by atoms with Crippen LogP contribution in [0.3, 0.4) is 0 Å². The number of rotatable bonds is 5. The first kappa shape index (κ1) is 18.5. The van der Waals surface area contributed by atoms with Crippen molar-refractivity contribution in [3.63, 3.8) is 0 Å². The highest BCUT2D eigenvalue weighted by atomic mass is 32.2. The number of carbonyl (C=O) groups is 1. The summed E-state index contributed by atoms with van der Waals surface area (Å²) in [5.74, 6) is -0.514. The summed E-state index contributed by atoms with van der Waals surface area (Å²) in [4.78, 5) is 16.1. The molecule has 3 aromatic rings. The van der Waals surface area contributed by atoms with Crippen molar-refractivity contribution in [2.45, 2.75) is 10.8 Å². The number of carboxylic acids is 1. The summed E-state index contributed by atoms with van der Waals surface area (Å²) >= 11 is 2.69. The highest BCUT2D eigenvalue weighted by Crippen LogP contribution is 2.38. The van der Waals surface area contributed by atoms with Gasteiger partial charge in [-0.1, -0.05) is 18.2 Å². The Morgan fingerprint density at radius 1 is 1.22 bits per heavy atom. The maximum atomic E-state index is 11.1. The summed E-state index contributed by atoms with van der Waals surface area (Å²) in [6.07, 6.45) is 0. The Morgan fingerprint density at radius 3 is 2.63 bits per heavy atom. The minimum Gasteiger partial charge on any atom is -0.478 e. The van der Waals surface area contributed by atoms with Crippen LogP contribution < -0.4 is 5.73 Å². The number of nitrogen functional groups attached to an aromatic ring is 1. The highest BCUT2D eigenvalue weighted by Gasteiger charge is 2.21. The van der Waals surface area contributed by atoms with Crippen LogP contribution in [0.5, 0.6) is 0 Å². The molecule has 0 radical (unpaired) electrons. The van der Waals surface area contributed by atoms with Crippen LogP contribution in [0.25, 0.3) is 10.4 Å². The fourth-order valence-electron chi connectivity index (χ4n) is 2.52. The Kier molecular flexibility index (Phi) is 5.41. The van der Waals surface area contributed by atoms with Crippen LogP contribution in [0.1, 0.15) is 27.0 Å². The average molecular weight is 392 g/mol. The van der Waals surface area contributed by atoms with Gasteiger partial charge in [0.25, 0.3) is 0 Å². The van der Waals surface area contributed by atoms with Crippen LogP contribution in [-0.2, 0) is 5.75 Å². The van der Waals surface area contributed by atoms with Gasteiger partial charge in [0.1, 0.15) is 28.5 Å². The zero-order valence-electron chi connectivity index (χ0n) is 13.8. The largest absolute Gasteiger partial charge is 0.478 e. The molecule has 8 heteroatoms. The topological polar surface area (TPSA) is 124 Å². The molecule has 3 N–H and O–H groups in total. The van der Waals surface area contributed by atoms with E-state index in [2.05, 4.69) is 11.1 Å². The lowest BCUT2D eigenvalue weighted by atomic mass is 10.0. The number of hydrogen-bond acceptors (Lipinski definition) is 7. The molecular weight excluding hydrogens is 380 g/mol. The van der Waals surface area contributed by atoms with E-state index in [4.69, 9.17) is 10.8 Å². The number of nitrogens with zero attached hydrogens (tertiary/aromatic N) is 3. The van der Waals surface area contributed by atoms with Gasteiger partial charge < -0.3 is 10.8 Å². The van der Waals surface area contributed by atoms with Crippen molar-refractivity contribution in [3.8, 4) is 22.6 Å². The summed E-state index contributed by atoms with van der Waals surface area (Å²) in [5.41, 5.74) is 7.91. The Balaban J connectivity index is 2.02. The molecule has 0 spiro atoms. The van der Waals surface area contributed by atoms with Gasteiger partial charge in [-0.3, -0.25) is 0 Å². The average Bonchev–Trinajstić information content (AvgIpc) is 3.20. The number of nitrogens with two attached hydrogens (primary N) is 1. The van der Waals surface area contributed by atoms with Gasteiger partial charge in [0.2, 0.25) is 0 Å². The normalized spacial score (nSPS) is 10.1. The van der Waals surface area contributed by atoms with Gasteiger partial charge >= 0.3 is 5.97 Å². The molecule has 27 heavy (non-hydrogen) atoms. The van der Waals surface area contributed by atoms with E-state index in [1.54, 1.807) is 18.2 Å². The number of aromatic nitrogens is 1. The quantitative estimate of drug-likeness (QED) is 0.626. The predicted octanol–water partition coefficient (Wildman–Crippen LogP) is 4.13. The second kappa shape index (κ2) is 7.92. The first-order valence-corrected chi connectivity index (χ1v) is 9.54. The van der Waals surface area contributed by atoms with Gasteiger partial charge in [-0.2, -0.15) is 10.5 Å². The molecule has 0 saturated heterocycles. The molecule has 1 aromatic carbocycles. The zero-order valence-corrected chi connectivity index (χ0v) is 15.5. The molecule has 0 aliphatic heterocycles. The van der Waals surface area contributed by atoms with Crippen molar-refractivity contribution >= 4 is 34.9 Å². The maximum absolute atomic E-state index is 11.1. The molecule has 0 aliphatic rings. The van der Waals surface area contributed by atoms with Crippen LogP contribution >= 0.6 is 23.1 Å². The molecule has 3 rings (SSSR count). The molecular formula is C19H12N4O2S2. The molecule has 0 aliphatic carbocycles. The van der Waals surface area contributed by atoms with Crippen LogP contribution in [0, 0.1) is 22.7 Å². The molecule has 0 atom stereocenters. The number of thioether (sulfide) groups is 1. The fraction of sp³-hybridized carbons (Fsp3) is 0.0526. The summed E-state index contributed by atoms with van der Waals surface area (Å²) < 4.78 is 0. The fourth-order valence-corrected chi connectivity index (χ4v) is 4.24. The highest BCUT2D eigenvalue weighted by molar-refractivity contribution is 7.98. The van der Waals surface area contributed by atoms with E-state index in [1.165, 1.54) is 29.2 Å². The lowest BCUT2D eigenvalue weighted by Crippen LogP contribution is -2.03. The lowest BCUT2D eigenvalue weighted by molar-refractivity contribution is 0.0697. The third kappa shape index (κ3) is 3.77. The van der Waals surface area contributed by atoms with Crippen molar-refractivity contribution < 1.29 is 9.90 Å². The van der Waals surface area contributed by atoms with Crippen molar-refractivity contribution in [2.24, 2.45) is 0 Å². The predicted molar refractivity (Wildman–Crippen MR) is 104 cm³/mol. The first-order valence-electron chi connectivity index (χ1n) is 7.67. The minimum atomic E-state index is -1.000. The Hall–Kier alpha value is -3.33. The van der Waals surface area contributed by atoms with Crippen molar-refractivity contribution in [1.82, 2.24) is 4.98 Å². The molecule has 0 fully saturated rings. The SMILES string of the molecule is N#Cc1c(N)nc(SCc2cccc(C(=O)O)c2)c(C#N)c1-c1cccs1. The lowest BCUT2D eigenvalue weighted by Gasteiger charge is -2.11. The molecule has 0 bridgehead atoms. The number of hydrogen-bond donors (Lipinski definition) is 2. The van der Waals surface area contributed by atoms with Crippen LogP contribution in [-0.4, -0.2) is 16.1 Å². The van der Waals surface area contributed by atoms with E-state index >= 15 is 0 Å². The van der Waals surface area contributed by atoms with Gasteiger partial charge in [-0.05, 0) is 29.1 Å². The summed E-state index contributed by atoms with van der Waals surface area (Å²) in [5, 5.41) is 30.5. The summed E-state index contributed by atoms with van der Waals surface area (Å²) in [7, 11) is 0. The smallest absolute Gasteiger partial charge is 0.335 e. The Bertz CT molecular complexity index is 1100. The molecule has 2 aromatic heterocycles. The monoisotopic (exact) mass is 392 g/mol. The number of pyridine rings is 1. The van der Waals surface area contributed by atoms with Gasteiger partial charge in [0.15, 0.2) is 0 Å². The molecule has 132 valence electrons. The number of nitriles is 2. The minimum absolute atomic E-state index is 0.0710. The third-order valence-electron chi connectivity index (χ3n) is 3.73. The molecule has 0 saturated carbocycles. The number of anilines is 1. The van der Waals surface area contributed by atoms with E-state index in [1.807, 2.05) is 23.6 Å². The van der Waals surface area contributed by atoms with E-state index in [0.29, 0.717) is 21.9 Å². The van der Waals surface area contributed by atoms with Gasteiger partial charge in [0, 0.05) is 16.2 Å². The number of aromatic carboxylic acids is 1. The van der Waals surface area contributed by atoms with Gasteiger partial charge in [-0.25, -0.2) is 9.78 Å². The number of carboxylic acid groups (broad SMARTS) is 1. The number of thiophene rings is 1. The first-order chi connectivity index (χ1) is 13.0. The molecule has 0 unspecified atom stereocenters. The van der Waals surface area contributed by atoms with E-state index in [0.717, 1.165) is 10.4 Å². The van der Waals surface area contributed by atoms with E-state index < -0.39 is 5.97 Å². The Morgan fingerprint density at radius 2 is 2.00 bits per heavy atom. The van der Waals surface area contributed by atoms with Crippen molar-refractivity contribution in [3.05, 3.63) is 64.0 Å². The third-order valence-corrected chi connectivity index (χ3v) is 5.67. The zero-order chi connectivity index (χ0) is 19.4. The summed E-state index contributed by atoms with van der Waals surface area (Å²) in [6.45, 7) is 0. The number of benzene rings is 1. The summed E-state index contributed by atoms with van der Waals surface area (Å²) in [6, 6.07) is 14.4. The van der Waals surface area contributed by atoms with Crippen LogP contribution in [0.4, 0.5) is 5.82 Å². The maximum Gasteiger partial charge on any atom is 0.335 e. The second-order valence-corrected chi connectivity index (χ2v) is 7.33. The Labute approximate surface area is 163 Å². The van der Waals surface area contributed by atoms with E-state index in [-0.39, 0.29) is 16.9 Å². The van der Waals surface area contributed by atoms with Gasteiger partial charge in [0.05, 0.1) is 11.1 Å². The van der Waals surface area contributed by atoms with Crippen molar-refractivity contribution in [1.29, 1.82) is 10.5 Å². The molecule has 0 amide bonds. The van der Waals surface area contributed by atoms with Crippen molar-refractivity contribution in [2.75, 3.05) is 5.73 Å². The molecule has 6 nitrogen and oxygen atoms in total. The van der Waals surface area contributed by atoms with Crippen LogP contribution in [0.2, 0.25) is 0 Å². The van der Waals surface area contributed by atoms with E-state index in [9.17, 15) is 15.3 Å². The molecule has 2 heterocycles. The van der Waals surface area contributed by atoms with Gasteiger partial charge in [-0.15, -0.1) is 23.1 Å².